The topological polar surface area (TPSA) is 26.0 Å². The zero-order valence-electron chi connectivity index (χ0n) is 74.5. The number of hydrogen-bond donors (Lipinski definition) is 1. The van der Waals surface area contributed by atoms with Gasteiger partial charge in [-0.2, -0.15) is 0 Å². The van der Waals surface area contributed by atoms with Crippen LogP contribution in [0.25, 0.3) is 0 Å². The lowest BCUT2D eigenvalue weighted by molar-refractivity contribution is -0.168. The van der Waals surface area contributed by atoms with Crippen LogP contribution in [0.4, 0.5) is 0 Å². The number of rotatable bonds is 89. The van der Waals surface area contributed by atoms with Gasteiger partial charge in [-0.05, 0) is 68.1 Å². The summed E-state index contributed by atoms with van der Waals surface area (Å²) in [5.41, 5.74) is 9.77. The van der Waals surface area contributed by atoms with Crippen molar-refractivity contribution in [2.24, 2.45) is 27.9 Å². The van der Waals surface area contributed by atoms with Crippen LogP contribution in [0.2, 0.25) is 0 Å². The second-order valence-electron chi connectivity index (χ2n) is 36.8. The van der Waals surface area contributed by atoms with Gasteiger partial charge in [0.1, 0.15) is 0 Å². The van der Waals surface area contributed by atoms with E-state index in [1.165, 1.54) is 565 Å². The van der Waals surface area contributed by atoms with Crippen LogP contribution in [-0.2, 0) is 0 Å². The Morgan fingerprint density at radius 1 is 0.202 bits per heavy atom. The van der Waals surface area contributed by atoms with Crippen LogP contribution in [0.15, 0.2) is 12.2 Å². The molecule has 104 heavy (non-hydrogen) atoms. The molecule has 1 heteroatoms. The van der Waals surface area contributed by atoms with Crippen LogP contribution < -0.4 is 5.73 Å². The van der Waals surface area contributed by atoms with E-state index in [4.69, 9.17) is 0 Å². The summed E-state index contributed by atoms with van der Waals surface area (Å²) in [6.45, 7) is 19.1. The van der Waals surface area contributed by atoms with Crippen molar-refractivity contribution in [2.75, 3.05) is 0 Å². The van der Waals surface area contributed by atoms with E-state index in [0.29, 0.717) is 11.3 Å². The smallest absolute Gasteiger partial charge is 0.0251 e. The van der Waals surface area contributed by atoms with Gasteiger partial charge in [-0.3, -0.25) is 0 Å². The fourth-order valence-corrected chi connectivity index (χ4v) is 20.9. The maximum Gasteiger partial charge on any atom is 0.0251 e. The van der Waals surface area contributed by atoms with Crippen LogP contribution in [0, 0.1) is 22.2 Å². The van der Waals surface area contributed by atoms with E-state index in [-0.39, 0.29) is 16.4 Å². The zero-order chi connectivity index (χ0) is 75.2. The van der Waals surface area contributed by atoms with Crippen molar-refractivity contribution in [2.45, 2.75) is 626 Å². The second kappa shape index (κ2) is 78.0. The first kappa shape index (κ1) is 102. The van der Waals surface area contributed by atoms with Gasteiger partial charge in [0.2, 0.25) is 0 Å². The second-order valence-corrected chi connectivity index (χ2v) is 36.8. The van der Waals surface area contributed by atoms with Crippen molar-refractivity contribution in [1.29, 1.82) is 0 Å². The number of hydrogen-bond acceptors (Lipinski definition) is 1. The van der Waals surface area contributed by atoms with E-state index < -0.39 is 0 Å². The number of unbranched alkanes of at least 4 members (excludes halogenated alkanes) is 72. The SMILES string of the molecule is CCCCCCCCCCCCC1C=CC(CCCCCCCCCCCC)(C(N)(CCCCCCCCCCCC)CCCCCCCCCCCC)C(CCCCCCCCCCCC)(CCCCCCCCCCCC)C1(CCCCCCCCCCCC)CCCCCCCCCCCC. The van der Waals surface area contributed by atoms with Crippen molar-refractivity contribution in [1.82, 2.24) is 0 Å². The highest BCUT2D eigenvalue weighted by Gasteiger charge is 2.68. The lowest BCUT2D eigenvalue weighted by Crippen LogP contribution is -2.69. The van der Waals surface area contributed by atoms with Crippen LogP contribution in [0.3, 0.4) is 0 Å². The van der Waals surface area contributed by atoms with Gasteiger partial charge in [-0.1, -0.05) is 581 Å². The average molecular weight is 1460 g/mol. The molecule has 1 aliphatic carbocycles. The molecule has 0 bridgehead atoms. The molecule has 0 aromatic carbocycles. The third-order valence-electron chi connectivity index (χ3n) is 27.6. The summed E-state index contributed by atoms with van der Waals surface area (Å²) < 4.78 is 0. The molecule has 1 nitrogen and oxygen atoms in total. The predicted octanol–water partition coefficient (Wildman–Crippen LogP) is 38.3. The quantitative estimate of drug-likeness (QED) is 0.0477. The Kier molecular flexibility index (Phi) is 76.3. The molecule has 0 saturated heterocycles. The molecule has 0 spiro atoms. The summed E-state index contributed by atoms with van der Waals surface area (Å²) in [4.78, 5) is 0. The molecule has 0 fully saturated rings. The van der Waals surface area contributed by atoms with E-state index in [1.54, 1.807) is 0 Å². The van der Waals surface area contributed by atoms with Gasteiger partial charge < -0.3 is 5.73 Å². The lowest BCUT2D eigenvalue weighted by Gasteiger charge is -2.70. The minimum atomic E-state index is -0.178. The van der Waals surface area contributed by atoms with Gasteiger partial charge in [-0.25, -0.2) is 0 Å². The number of allylic oxidation sites excluding steroid dienone is 1. The van der Waals surface area contributed by atoms with Crippen molar-refractivity contribution in [3.05, 3.63) is 12.2 Å². The highest BCUT2D eigenvalue weighted by molar-refractivity contribution is 5.30. The Labute approximate surface area is 662 Å². The van der Waals surface area contributed by atoms with Gasteiger partial charge in [0, 0.05) is 11.0 Å². The summed E-state index contributed by atoms with van der Waals surface area (Å²) in [5.74, 6) is 0.694. The molecule has 0 radical (unpaired) electrons. The normalized spacial score (nSPS) is 15.9. The Balaban J connectivity index is 4.60. The Morgan fingerprint density at radius 2 is 0.375 bits per heavy atom. The Hall–Kier alpha value is -0.300. The molecule has 2 N–H and O–H groups in total. The van der Waals surface area contributed by atoms with Crippen molar-refractivity contribution < 1.29 is 0 Å². The van der Waals surface area contributed by atoms with Gasteiger partial charge >= 0.3 is 0 Å². The maximum absolute atomic E-state index is 9.39. The minimum Gasteiger partial charge on any atom is -0.324 e. The maximum atomic E-state index is 9.39. The van der Waals surface area contributed by atoms with E-state index in [1.807, 2.05) is 0 Å². The Bertz CT molecular complexity index is 1580. The summed E-state index contributed by atoms with van der Waals surface area (Å²) in [6, 6.07) is 0. The summed E-state index contributed by atoms with van der Waals surface area (Å²) in [6.07, 6.45) is 133. The standard InChI is InChI=1S/C103H205N/c1-9-17-25-33-41-49-57-65-73-81-89-99-90-98-102(95-86-78-70-62-54-46-38-30-22-14-6,103(104,96-87-79-71-63-55-47-39-31-23-15-7)97-88-80-72-64-56-48-40-32-24-16-8)101(93-84-76-68-60-52-44-36-28-20-12-4,94-85-77-69-61-53-45-37-29-21-13-5)100(99,91-82-74-66-58-50-42-34-26-18-10-2)92-83-75-67-59-51-43-35-27-19-11-3/h90,98-99H,9-89,91-97,104H2,1-8H3. The molecule has 2 atom stereocenters. The fourth-order valence-electron chi connectivity index (χ4n) is 20.9. The van der Waals surface area contributed by atoms with E-state index in [0.717, 1.165) is 0 Å². The Morgan fingerprint density at radius 3 is 0.596 bits per heavy atom. The van der Waals surface area contributed by atoms with E-state index in [2.05, 4.69) is 67.5 Å². The van der Waals surface area contributed by atoms with Gasteiger partial charge in [-0.15, -0.1) is 0 Å². The molecule has 0 saturated carbocycles. The van der Waals surface area contributed by atoms with Gasteiger partial charge in [0.15, 0.2) is 0 Å². The molecule has 0 aromatic heterocycles. The predicted molar refractivity (Wildman–Crippen MR) is 479 cm³/mol. The minimum absolute atomic E-state index is 0.0303. The molecule has 0 aromatic rings. The first-order valence-electron chi connectivity index (χ1n) is 50.8. The number of nitrogens with two attached hydrogens (primary N) is 1. The third kappa shape index (κ3) is 51.4. The molecule has 0 aliphatic heterocycles. The lowest BCUT2D eigenvalue weighted by atomic mass is 9.34. The summed E-state index contributed by atoms with van der Waals surface area (Å²) in [7, 11) is 0. The van der Waals surface area contributed by atoms with Crippen molar-refractivity contribution in [3.8, 4) is 0 Å². The largest absolute Gasteiger partial charge is 0.324 e. The molecule has 1 rings (SSSR count). The van der Waals surface area contributed by atoms with E-state index >= 15 is 0 Å². The van der Waals surface area contributed by atoms with Crippen LogP contribution in [0.1, 0.15) is 620 Å². The fraction of sp³-hybridized carbons (Fsp3) is 0.981. The molecular formula is C103H205N. The first-order chi connectivity index (χ1) is 51.3. The highest BCUT2D eigenvalue weighted by atomic mass is 14.9. The zero-order valence-corrected chi connectivity index (χ0v) is 74.5. The van der Waals surface area contributed by atoms with Crippen molar-refractivity contribution >= 4 is 0 Å². The van der Waals surface area contributed by atoms with Crippen molar-refractivity contribution in [3.63, 3.8) is 0 Å². The molecular weight excluding hydrogens is 1250 g/mol. The van der Waals surface area contributed by atoms with Gasteiger partial charge in [0.05, 0.1) is 0 Å². The average Bonchev–Trinajstić information content (AvgIpc) is 0.682. The summed E-state index contributed by atoms with van der Waals surface area (Å²) >= 11 is 0. The van der Waals surface area contributed by atoms with Crippen LogP contribution in [0.5, 0.6) is 0 Å². The molecule has 1 aliphatic rings. The van der Waals surface area contributed by atoms with Gasteiger partial charge in [0.25, 0.3) is 0 Å². The molecule has 0 heterocycles. The summed E-state index contributed by atoms with van der Waals surface area (Å²) in [5, 5.41) is 0. The molecule has 0 amide bonds. The molecule has 2 unspecified atom stereocenters. The van der Waals surface area contributed by atoms with E-state index in [9.17, 15) is 5.73 Å². The van der Waals surface area contributed by atoms with Crippen LogP contribution in [-0.4, -0.2) is 5.54 Å². The van der Waals surface area contributed by atoms with Crippen LogP contribution >= 0.6 is 0 Å². The highest BCUT2D eigenvalue weighted by Crippen LogP contribution is 2.73. The molecule has 622 valence electrons. The first-order valence-corrected chi connectivity index (χ1v) is 50.8. The third-order valence-corrected chi connectivity index (χ3v) is 27.6. The monoisotopic (exact) mass is 1460 g/mol.